The van der Waals surface area contributed by atoms with Crippen molar-refractivity contribution >= 4 is 0 Å². The van der Waals surface area contributed by atoms with Crippen molar-refractivity contribution in [3.05, 3.63) is 84.0 Å². The topological polar surface area (TPSA) is 9.23 Å². The third-order valence-corrected chi connectivity index (χ3v) is 3.38. The molecule has 2 rings (SSSR count). The van der Waals surface area contributed by atoms with Gasteiger partial charge in [0.25, 0.3) is 0 Å². The van der Waals surface area contributed by atoms with E-state index in [-0.39, 0.29) is 0 Å². The molecule has 0 aromatic heterocycles. The van der Waals surface area contributed by atoms with Crippen molar-refractivity contribution in [1.29, 1.82) is 0 Å². The quantitative estimate of drug-likeness (QED) is 0.629. The molecule has 0 bridgehead atoms. The number of rotatable bonds is 6. The van der Waals surface area contributed by atoms with Crippen LogP contribution in [0, 0.1) is 13.8 Å². The third kappa shape index (κ3) is 3.85. The van der Waals surface area contributed by atoms with Gasteiger partial charge in [-0.2, -0.15) is 0 Å². The first-order chi connectivity index (χ1) is 10.1. The van der Waals surface area contributed by atoms with Crippen molar-refractivity contribution in [2.75, 3.05) is 0 Å². The molecule has 108 valence electrons. The molecule has 0 spiro atoms. The van der Waals surface area contributed by atoms with E-state index in [0.717, 1.165) is 35.5 Å². The smallest absolute Gasteiger partial charge is 0.130 e. The first-order valence-electron chi connectivity index (χ1n) is 7.22. The number of hydrogen-bond donors (Lipinski definition) is 0. The van der Waals surface area contributed by atoms with Gasteiger partial charge in [-0.3, -0.25) is 0 Å². The van der Waals surface area contributed by atoms with E-state index in [1.807, 2.05) is 24.3 Å². The summed E-state index contributed by atoms with van der Waals surface area (Å²) in [6, 6.07) is 12.5. The fraction of sp³-hybridized carbons (Fsp3) is 0.200. The number of aryl methyl sites for hydroxylation is 2. The number of hydrogen-bond acceptors (Lipinski definition) is 1. The maximum Gasteiger partial charge on any atom is 0.130 e. The highest BCUT2D eigenvalue weighted by Crippen LogP contribution is 2.30. The summed E-state index contributed by atoms with van der Waals surface area (Å²) in [6.07, 6.45) is 5.42. The Morgan fingerprint density at radius 3 is 1.62 bits per heavy atom. The molecule has 1 nitrogen and oxygen atoms in total. The van der Waals surface area contributed by atoms with Crippen LogP contribution in [-0.2, 0) is 12.8 Å². The molecule has 0 radical (unpaired) electrons. The summed E-state index contributed by atoms with van der Waals surface area (Å²) in [6.45, 7) is 11.8. The number of ether oxygens (including phenoxy) is 1. The lowest BCUT2D eigenvalue weighted by molar-refractivity contribution is 0.472. The predicted molar refractivity (Wildman–Crippen MR) is 90.2 cm³/mol. The van der Waals surface area contributed by atoms with Gasteiger partial charge in [0, 0.05) is 0 Å². The van der Waals surface area contributed by atoms with Crippen LogP contribution in [0.2, 0.25) is 0 Å². The predicted octanol–water partition coefficient (Wildman–Crippen LogP) is 5.55. The van der Waals surface area contributed by atoms with Gasteiger partial charge in [0.1, 0.15) is 11.5 Å². The summed E-state index contributed by atoms with van der Waals surface area (Å²) < 4.78 is 6.16. The highest BCUT2D eigenvalue weighted by molar-refractivity contribution is 5.45. The zero-order valence-electron chi connectivity index (χ0n) is 12.9. The Morgan fingerprint density at radius 2 is 1.24 bits per heavy atom. The minimum absolute atomic E-state index is 0.805. The van der Waals surface area contributed by atoms with Crippen molar-refractivity contribution in [3.8, 4) is 11.5 Å². The minimum atomic E-state index is 0.805. The molecule has 0 amide bonds. The van der Waals surface area contributed by atoms with Gasteiger partial charge in [-0.15, -0.1) is 13.2 Å². The second-order valence-corrected chi connectivity index (χ2v) is 5.31. The molecule has 0 aliphatic carbocycles. The highest BCUT2D eigenvalue weighted by atomic mass is 16.5. The summed E-state index contributed by atoms with van der Waals surface area (Å²) in [7, 11) is 0. The molecule has 2 aromatic rings. The zero-order chi connectivity index (χ0) is 15.2. The maximum atomic E-state index is 6.16. The third-order valence-electron chi connectivity index (χ3n) is 3.38. The van der Waals surface area contributed by atoms with E-state index in [1.165, 1.54) is 11.1 Å². The normalized spacial score (nSPS) is 10.2. The van der Waals surface area contributed by atoms with Crippen LogP contribution < -0.4 is 4.74 Å². The zero-order valence-corrected chi connectivity index (χ0v) is 12.9. The molecule has 0 N–H and O–H groups in total. The summed E-state index contributed by atoms with van der Waals surface area (Å²) in [5.74, 6) is 1.80. The Labute approximate surface area is 127 Å². The van der Waals surface area contributed by atoms with Gasteiger partial charge in [-0.1, -0.05) is 47.5 Å². The Hall–Kier alpha value is -2.28. The minimum Gasteiger partial charge on any atom is -0.457 e. The van der Waals surface area contributed by atoms with Crippen LogP contribution in [0.4, 0.5) is 0 Å². The first-order valence-corrected chi connectivity index (χ1v) is 7.22. The molecule has 0 heterocycles. The largest absolute Gasteiger partial charge is 0.457 e. The molecule has 0 atom stereocenters. The molecule has 1 heteroatoms. The van der Waals surface area contributed by atoms with E-state index in [1.54, 1.807) is 0 Å². The summed E-state index contributed by atoms with van der Waals surface area (Å²) >= 11 is 0. The maximum absolute atomic E-state index is 6.16. The van der Waals surface area contributed by atoms with E-state index in [2.05, 4.69) is 51.3 Å². The lowest BCUT2D eigenvalue weighted by Crippen LogP contribution is -1.95. The van der Waals surface area contributed by atoms with E-state index >= 15 is 0 Å². The number of allylic oxidation sites excluding steroid dienone is 2. The summed E-state index contributed by atoms with van der Waals surface area (Å²) in [4.78, 5) is 0. The standard InChI is InChI=1S/C20H22O/c1-5-7-17-13-15(3)9-11-19(17)21-20-12-10-16(4)14-18(20)8-6-2/h5-6,9-14H,1-2,7-8H2,3-4H3. The molecule has 21 heavy (non-hydrogen) atoms. The van der Waals surface area contributed by atoms with Crippen LogP contribution in [0.1, 0.15) is 22.3 Å². The second-order valence-electron chi connectivity index (χ2n) is 5.31. The second kappa shape index (κ2) is 6.94. The van der Waals surface area contributed by atoms with E-state index < -0.39 is 0 Å². The molecular weight excluding hydrogens is 256 g/mol. The van der Waals surface area contributed by atoms with Crippen molar-refractivity contribution in [3.63, 3.8) is 0 Å². The Balaban J connectivity index is 2.37. The van der Waals surface area contributed by atoms with Crippen molar-refractivity contribution < 1.29 is 4.74 Å². The fourth-order valence-electron chi connectivity index (χ4n) is 2.36. The number of benzene rings is 2. The molecule has 0 saturated carbocycles. The molecular formula is C20H22O. The van der Waals surface area contributed by atoms with Crippen LogP contribution in [0.15, 0.2) is 61.7 Å². The lowest BCUT2D eigenvalue weighted by atomic mass is 10.1. The highest BCUT2D eigenvalue weighted by Gasteiger charge is 2.08. The van der Waals surface area contributed by atoms with Crippen LogP contribution in [0.3, 0.4) is 0 Å². The summed E-state index contributed by atoms with van der Waals surface area (Å²) in [5.41, 5.74) is 4.79. The molecule has 0 saturated heterocycles. The molecule has 0 aliphatic heterocycles. The SMILES string of the molecule is C=CCc1cc(C)ccc1Oc1ccc(C)cc1CC=C. The van der Waals surface area contributed by atoms with Crippen LogP contribution in [0.25, 0.3) is 0 Å². The Morgan fingerprint density at radius 1 is 0.810 bits per heavy atom. The van der Waals surface area contributed by atoms with Crippen LogP contribution in [0.5, 0.6) is 11.5 Å². The van der Waals surface area contributed by atoms with Gasteiger partial charge in [0.05, 0.1) is 0 Å². The Bertz CT molecular complexity index is 595. The average molecular weight is 278 g/mol. The van der Waals surface area contributed by atoms with E-state index in [9.17, 15) is 0 Å². The van der Waals surface area contributed by atoms with Gasteiger partial charge in [-0.25, -0.2) is 0 Å². The van der Waals surface area contributed by atoms with E-state index in [0.29, 0.717) is 0 Å². The van der Waals surface area contributed by atoms with Gasteiger partial charge < -0.3 is 4.74 Å². The van der Waals surface area contributed by atoms with Gasteiger partial charge in [0.15, 0.2) is 0 Å². The van der Waals surface area contributed by atoms with Gasteiger partial charge >= 0.3 is 0 Å². The van der Waals surface area contributed by atoms with Gasteiger partial charge in [0.2, 0.25) is 0 Å². The molecule has 0 unspecified atom stereocenters. The molecule has 2 aromatic carbocycles. The lowest BCUT2D eigenvalue weighted by Gasteiger charge is -2.14. The average Bonchev–Trinajstić information content (AvgIpc) is 2.45. The monoisotopic (exact) mass is 278 g/mol. The Kier molecular flexibility index (Phi) is 4.99. The fourth-order valence-corrected chi connectivity index (χ4v) is 2.36. The van der Waals surface area contributed by atoms with Crippen molar-refractivity contribution in [2.45, 2.75) is 26.7 Å². The molecule has 0 fully saturated rings. The van der Waals surface area contributed by atoms with Crippen LogP contribution >= 0.6 is 0 Å². The van der Waals surface area contributed by atoms with Crippen molar-refractivity contribution in [2.24, 2.45) is 0 Å². The van der Waals surface area contributed by atoms with Gasteiger partial charge in [-0.05, 0) is 49.9 Å². The van der Waals surface area contributed by atoms with Crippen LogP contribution in [-0.4, -0.2) is 0 Å². The summed E-state index contributed by atoms with van der Waals surface area (Å²) in [5, 5.41) is 0. The first kappa shape index (κ1) is 15.1. The van der Waals surface area contributed by atoms with Crippen molar-refractivity contribution in [1.82, 2.24) is 0 Å². The molecule has 0 aliphatic rings. The van der Waals surface area contributed by atoms with E-state index in [4.69, 9.17) is 4.74 Å².